The SMILES string of the molecule is CC.CC(NC(=O)NC(C(F)(F)F)C(F)(F)F)C(C)(C)C. The lowest BCUT2D eigenvalue weighted by Crippen LogP contribution is -2.58. The summed E-state index contributed by atoms with van der Waals surface area (Å²) in [5, 5.41) is 2.94. The fraction of sp³-hybridized carbons (Fsp3) is 0.917. The summed E-state index contributed by atoms with van der Waals surface area (Å²) in [7, 11) is 0. The Morgan fingerprint density at radius 1 is 0.857 bits per heavy atom. The molecule has 2 amide bonds. The molecule has 0 heterocycles. The molecule has 0 saturated carbocycles. The lowest BCUT2D eigenvalue weighted by molar-refractivity contribution is -0.255. The largest absolute Gasteiger partial charge is 0.417 e. The first kappa shape index (κ1) is 22.1. The Balaban J connectivity index is 0. The van der Waals surface area contributed by atoms with E-state index in [0.717, 1.165) is 5.32 Å². The van der Waals surface area contributed by atoms with Crippen molar-refractivity contribution in [3.8, 4) is 0 Å². The molecule has 2 N–H and O–H groups in total. The van der Waals surface area contributed by atoms with E-state index >= 15 is 0 Å². The van der Waals surface area contributed by atoms with E-state index < -0.39 is 35.9 Å². The third-order valence-electron chi connectivity index (χ3n) is 2.58. The molecule has 3 nitrogen and oxygen atoms in total. The summed E-state index contributed by atoms with van der Waals surface area (Å²) in [6, 6.07) is -6.00. The first-order chi connectivity index (χ1) is 9.15. The Hall–Kier alpha value is -1.15. The van der Waals surface area contributed by atoms with Gasteiger partial charge in [0.1, 0.15) is 0 Å². The number of halogens is 6. The van der Waals surface area contributed by atoms with Gasteiger partial charge in [-0.05, 0) is 12.3 Å². The fourth-order valence-electron chi connectivity index (χ4n) is 0.935. The summed E-state index contributed by atoms with van der Waals surface area (Å²) < 4.78 is 73.1. The normalized spacial score (nSPS) is 14.1. The molecule has 0 fully saturated rings. The minimum absolute atomic E-state index is 0.497. The van der Waals surface area contributed by atoms with Gasteiger partial charge in [0.05, 0.1) is 0 Å². The smallest absolute Gasteiger partial charge is 0.335 e. The van der Waals surface area contributed by atoms with E-state index in [2.05, 4.69) is 0 Å². The maximum Gasteiger partial charge on any atom is 0.417 e. The van der Waals surface area contributed by atoms with Crippen LogP contribution in [0.3, 0.4) is 0 Å². The minimum atomic E-state index is -5.60. The zero-order valence-electron chi connectivity index (χ0n) is 12.8. The summed E-state index contributed by atoms with van der Waals surface area (Å²) in [6.45, 7) is 10.5. The van der Waals surface area contributed by atoms with Crippen molar-refractivity contribution in [2.75, 3.05) is 0 Å². The number of carbonyl (C=O) groups excluding carboxylic acids is 1. The maximum absolute atomic E-state index is 12.2. The van der Waals surface area contributed by atoms with Crippen LogP contribution in [0.2, 0.25) is 0 Å². The second kappa shape index (κ2) is 7.74. The van der Waals surface area contributed by atoms with Crippen molar-refractivity contribution in [3.63, 3.8) is 0 Å². The monoisotopic (exact) mass is 324 g/mol. The molecule has 0 saturated heterocycles. The van der Waals surface area contributed by atoms with Crippen molar-refractivity contribution >= 4 is 6.03 Å². The van der Waals surface area contributed by atoms with Gasteiger partial charge in [0.2, 0.25) is 6.04 Å². The van der Waals surface area contributed by atoms with Crippen LogP contribution >= 0.6 is 0 Å². The summed E-state index contributed by atoms with van der Waals surface area (Å²) in [6.07, 6.45) is -11.2. The predicted octanol–water partition coefficient (Wildman–Crippen LogP) is 4.24. The van der Waals surface area contributed by atoms with Crippen molar-refractivity contribution in [1.29, 1.82) is 0 Å². The number of urea groups is 1. The Kier molecular flexibility index (Phi) is 8.16. The van der Waals surface area contributed by atoms with Crippen LogP contribution in [-0.4, -0.2) is 30.5 Å². The van der Waals surface area contributed by atoms with Crippen molar-refractivity contribution in [2.24, 2.45) is 5.41 Å². The number of amides is 2. The molecule has 0 aliphatic heterocycles. The minimum Gasteiger partial charge on any atom is -0.335 e. The van der Waals surface area contributed by atoms with Gasteiger partial charge in [-0.15, -0.1) is 0 Å². The second-order valence-electron chi connectivity index (χ2n) is 5.22. The van der Waals surface area contributed by atoms with E-state index in [1.165, 1.54) is 6.92 Å². The van der Waals surface area contributed by atoms with Crippen LogP contribution < -0.4 is 10.6 Å². The molecule has 0 bridgehead atoms. The summed E-state index contributed by atoms with van der Waals surface area (Å²) in [4.78, 5) is 11.2. The van der Waals surface area contributed by atoms with Gasteiger partial charge in [-0.25, -0.2) is 4.79 Å². The third-order valence-corrected chi connectivity index (χ3v) is 2.58. The van der Waals surface area contributed by atoms with E-state index in [1.54, 1.807) is 20.8 Å². The standard InChI is InChI=1S/C10H16F6N2O.C2H6/c1-5(8(2,3)4)17-7(19)18-6(9(11,12)13)10(14,15)16;1-2/h5-6H,1-4H3,(H2,17,18,19);1-2H3. The number of hydrogen-bond donors (Lipinski definition) is 2. The molecule has 0 rings (SSSR count). The molecule has 128 valence electrons. The topological polar surface area (TPSA) is 41.1 Å². The van der Waals surface area contributed by atoms with Gasteiger partial charge in [0.25, 0.3) is 0 Å². The maximum atomic E-state index is 12.2. The number of nitrogens with one attached hydrogen (secondary N) is 2. The molecule has 0 aliphatic carbocycles. The quantitative estimate of drug-likeness (QED) is 0.733. The molecule has 0 aliphatic rings. The number of hydrogen-bond acceptors (Lipinski definition) is 1. The molecule has 0 radical (unpaired) electrons. The molecule has 0 aromatic rings. The van der Waals surface area contributed by atoms with Crippen molar-refractivity contribution in [1.82, 2.24) is 10.6 Å². The number of carbonyl (C=O) groups is 1. The van der Waals surface area contributed by atoms with Crippen molar-refractivity contribution in [3.05, 3.63) is 0 Å². The summed E-state index contributed by atoms with van der Waals surface area (Å²) >= 11 is 0. The van der Waals surface area contributed by atoms with Crippen LogP contribution in [0.15, 0.2) is 0 Å². The van der Waals surface area contributed by atoms with Gasteiger partial charge in [-0.2, -0.15) is 26.3 Å². The molecule has 0 aromatic heterocycles. The average molecular weight is 324 g/mol. The van der Waals surface area contributed by atoms with Gasteiger partial charge in [0, 0.05) is 6.04 Å². The molecule has 0 aromatic carbocycles. The molecular weight excluding hydrogens is 302 g/mol. The van der Waals surface area contributed by atoms with Gasteiger partial charge in [0.15, 0.2) is 0 Å². The van der Waals surface area contributed by atoms with Crippen LogP contribution in [0.25, 0.3) is 0 Å². The third kappa shape index (κ3) is 8.67. The second-order valence-corrected chi connectivity index (χ2v) is 5.22. The molecule has 1 atom stereocenters. The highest BCUT2D eigenvalue weighted by molar-refractivity contribution is 5.74. The highest BCUT2D eigenvalue weighted by Gasteiger charge is 2.57. The lowest BCUT2D eigenvalue weighted by Gasteiger charge is -2.30. The Morgan fingerprint density at radius 3 is 1.43 bits per heavy atom. The van der Waals surface area contributed by atoms with Gasteiger partial charge < -0.3 is 10.6 Å². The Labute approximate surface area is 120 Å². The van der Waals surface area contributed by atoms with Crippen molar-refractivity contribution in [2.45, 2.75) is 66.0 Å². The van der Waals surface area contributed by atoms with Gasteiger partial charge in [-0.1, -0.05) is 34.6 Å². The van der Waals surface area contributed by atoms with Crippen LogP contribution in [0, 0.1) is 5.41 Å². The molecule has 1 unspecified atom stereocenters. The van der Waals surface area contributed by atoms with Crippen LogP contribution in [-0.2, 0) is 0 Å². The lowest BCUT2D eigenvalue weighted by atomic mass is 9.88. The van der Waals surface area contributed by atoms with Crippen LogP contribution in [0.1, 0.15) is 41.5 Å². The summed E-state index contributed by atoms with van der Waals surface area (Å²) in [5.74, 6) is 0. The first-order valence-corrected chi connectivity index (χ1v) is 6.36. The van der Waals surface area contributed by atoms with Crippen LogP contribution in [0.5, 0.6) is 0 Å². The predicted molar refractivity (Wildman–Crippen MR) is 67.8 cm³/mol. The molecular formula is C12H22F6N2O. The van der Waals surface area contributed by atoms with E-state index in [9.17, 15) is 31.1 Å². The molecule has 0 spiro atoms. The average Bonchev–Trinajstić information content (AvgIpc) is 2.24. The van der Waals surface area contributed by atoms with E-state index in [0.29, 0.717) is 0 Å². The van der Waals surface area contributed by atoms with E-state index in [-0.39, 0.29) is 0 Å². The Morgan fingerprint density at radius 2 is 1.19 bits per heavy atom. The van der Waals surface area contributed by atoms with E-state index in [4.69, 9.17) is 0 Å². The highest BCUT2D eigenvalue weighted by Crippen LogP contribution is 2.33. The van der Waals surface area contributed by atoms with E-state index in [1.807, 2.05) is 19.2 Å². The zero-order chi connectivity index (χ0) is 17.6. The number of alkyl halides is 6. The highest BCUT2D eigenvalue weighted by atomic mass is 19.4. The van der Waals surface area contributed by atoms with Gasteiger partial charge in [-0.3, -0.25) is 0 Å². The fourth-order valence-corrected chi connectivity index (χ4v) is 0.935. The molecule has 9 heteroatoms. The van der Waals surface area contributed by atoms with Crippen LogP contribution in [0.4, 0.5) is 31.1 Å². The zero-order valence-corrected chi connectivity index (χ0v) is 12.8. The summed E-state index contributed by atoms with van der Waals surface area (Å²) in [5.41, 5.74) is -0.497. The van der Waals surface area contributed by atoms with Gasteiger partial charge >= 0.3 is 18.4 Å². The number of rotatable bonds is 2. The van der Waals surface area contributed by atoms with Crippen molar-refractivity contribution < 1.29 is 31.1 Å². The first-order valence-electron chi connectivity index (χ1n) is 6.36. The Bertz CT molecular complexity index is 305. The molecule has 21 heavy (non-hydrogen) atoms.